The van der Waals surface area contributed by atoms with Crippen LogP contribution >= 0.6 is 11.7 Å². The van der Waals surface area contributed by atoms with Crippen molar-refractivity contribution in [3.63, 3.8) is 0 Å². The van der Waals surface area contributed by atoms with Gasteiger partial charge in [0.2, 0.25) is 0 Å². The van der Waals surface area contributed by atoms with E-state index in [2.05, 4.69) is 40.8 Å². The summed E-state index contributed by atoms with van der Waals surface area (Å²) in [6.07, 6.45) is 1.12. The van der Waals surface area contributed by atoms with Gasteiger partial charge in [0.1, 0.15) is 11.0 Å². The van der Waals surface area contributed by atoms with E-state index in [9.17, 15) is 0 Å². The van der Waals surface area contributed by atoms with E-state index in [0.717, 1.165) is 17.5 Å². The molecule has 0 aliphatic rings. The van der Waals surface area contributed by atoms with Crippen LogP contribution in [0, 0.1) is 5.92 Å². The second-order valence-corrected chi connectivity index (χ2v) is 4.21. The van der Waals surface area contributed by atoms with Crippen LogP contribution in [0.25, 0.3) is 11.0 Å². The third kappa shape index (κ3) is 3.27. The van der Waals surface area contributed by atoms with Crippen molar-refractivity contribution in [3.8, 4) is 0 Å². The molecule has 15 heavy (non-hydrogen) atoms. The highest BCUT2D eigenvalue weighted by Crippen LogP contribution is 2.15. The van der Waals surface area contributed by atoms with Gasteiger partial charge in [0.05, 0.1) is 11.7 Å². The Morgan fingerprint density at radius 3 is 2.47 bits per heavy atom. The number of fused-ring (bicyclic) bond motifs is 1. The van der Waals surface area contributed by atoms with Crippen molar-refractivity contribution in [2.75, 3.05) is 0 Å². The van der Waals surface area contributed by atoms with E-state index in [1.54, 1.807) is 0 Å². The third-order valence-corrected chi connectivity index (χ3v) is 2.52. The van der Waals surface area contributed by atoms with Gasteiger partial charge in [0, 0.05) is 0 Å². The molecule has 3 heteroatoms. The Balaban J connectivity index is 0.000000531. The smallest absolute Gasteiger partial charge is 0.105 e. The third-order valence-electron chi connectivity index (χ3n) is 1.96. The number of hydrogen-bond acceptors (Lipinski definition) is 3. The highest BCUT2D eigenvalue weighted by molar-refractivity contribution is 7.00. The van der Waals surface area contributed by atoms with Crippen molar-refractivity contribution >= 4 is 22.8 Å². The van der Waals surface area contributed by atoms with E-state index < -0.39 is 0 Å². The molecule has 2 nitrogen and oxygen atoms in total. The second-order valence-electron chi connectivity index (χ2n) is 3.69. The summed E-state index contributed by atoms with van der Waals surface area (Å²) in [5.41, 5.74) is 3.40. The minimum absolute atomic E-state index is 0.698. The Morgan fingerprint density at radius 1 is 1.13 bits per heavy atom. The van der Waals surface area contributed by atoms with Crippen LogP contribution in [-0.4, -0.2) is 8.75 Å². The molecule has 0 saturated heterocycles. The SMILES string of the molecule is CC.CC(C)Cc1ccc2nsnc2c1. The average molecular weight is 222 g/mol. The summed E-state index contributed by atoms with van der Waals surface area (Å²) in [7, 11) is 0. The van der Waals surface area contributed by atoms with E-state index in [-0.39, 0.29) is 0 Å². The summed E-state index contributed by atoms with van der Waals surface area (Å²) in [6.45, 7) is 8.45. The molecule has 0 fully saturated rings. The van der Waals surface area contributed by atoms with E-state index in [1.807, 2.05) is 13.8 Å². The molecule has 0 aliphatic heterocycles. The van der Waals surface area contributed by atoms with E-state index in [4.69, 9.17) is 0 Å². The quantitative estimate of drug-likeness (QED) is 0.769. The Bertz CT molecular complexity index is 407. The van der Waals surface area contributed by atoms with Crippen LogP contribution in [0.5, 0.6) is 0 Å². The summed E-state index contributed by atoms with van der Waals surface area (Å²) in [5.74, 6) is 0.698. The van der Waals surface area contributed by atoms with Crippen molar-refractivity contribution in [1.82, 2.24) is 8.75 Å². The normalized spacial score (nSPS) is 10.2. The standard InChI is InChI=1S/C10H12N2S.C2H6/c1-7(2)5-8-3-4-9-10(6-8)12-13-11-9;1-2/h3-4,6-7H,5H2,1-2H3;1-2H3. The highest BCUT2D eigenvalue weighted by Gasteiger charge is 2.01. The minimum atomic E-state index is 0.698. The molecule has 0 saturated carbocycles. The van der Waals surface area contributed by atoms with Gasteiger partial charge in [-0.1, -0.05) is 33.8 Å². The molecule has 0 bridgehead atoms. The Morgan fingerprint density at radius 2 is 1.80 bits per heavy atom. The van der Waals surface area contributed by atoms with Crippen molar-refractivity contribution in [2.24, 2.45) is 5.92 Å². The zero-order valence-corrected chi connectivity index (χ0v) is 10.6. The highest BCUT2D eigenvalue weighted by atomic mass is 32.1. The molecule has 0 amide bonds. The lowest BCUT2D eigenvalue weighted by atomic mass is 10.0. The fourth-order valence-electron chi connectivity index (χ4n) is 1.43. The van der Waals surface area contributed by atoms with Crippen LogP contribution in [-0.2, 0) is 6.42 Å². The van der Waals surface area contributed by atoms with Crippen molar-refractivity contribution in [3.05, 3.63) is 23.8 Å². The topological polar surface area (TPSA) is 25.8 Å². The van der Waals surface area contributed by atoms with E-state index in [0.29, 0.717) is 5.92 Å². The predicted molar refractivity (Wildman–Crippen MR) is 67.3 cm³/mol. The maximum Gasteiger partial charge on any atom is 0.105 e. The van der Waals surface area contributed by atoms with Gasteiger partial charge in [0.25, 0.3) is 0 Å². The first-order valence-electron chi connectivity index (χ1n) is 5.47. The van der Waals surface area contributed by atoms with Crippen LogP contribution in [0.2, 0.25) is 0 Å². The molecule has 2 aromatic rings. The van der Waals surface area contributed by atoms with Gasteiger partial charge in [-0.2, -0.15) is 8.75 Å². The Hall–Kier alpha value is -0.960. The maximum atomic E-state index is 4.22. The number of aromatic nitrogens is 2. The molecule has 0 radical (unpaired) electrons. The number of rotatable bonds is 2. The van der Waals surface area contributed by atoms with Crippen molar-refractivity contribution in [1.29, 1.82) is 0 Å². The fraction of sp³-hybridized carbons (Fsp3) is 0.500. The molecule has 0 atom stereocenters. The van der Waals surface area contributed by atoms with Gasteiger partial charge in [-0.3, -0.25) is 0 Å². The number of nitrogens with zero attached hydrogens (tertiary/aromatic N) is 2. The average Bonchev–Trinajstić information content (AvgIpc) is 2.67. The van der Waals surface area contributed by atoms with E-state index >= 15 is 0 Å². The van der Waals surface area contributed by atoms with Crippen LogP contribution in [0.3, 0.4) is 0 Å². The second kappa shape index (κ2) is 5.81. The van der Waals surface area contributed by atoms with Crippen LogP contribution < -0.4 is 0 Å². The van der Waals surface area contributed by atoms with Gasteiger partial charge in [-0.15, -0.1) is 0 Å². The van der Waals surface area contributed by atoms with Gasteiger partial charge < -0.3 is 0 Å². The van der Waals surface area contributed by atoms with Gasteiger partial charge in [-0.05, 0) is 30.0 Å². The first kappa shape index (κ1) is 12.1. The molecule has 1 heterocycles. The summed E-state index contributed by atoms with van der Waals surface area (Å²) in [6, 6.07) is 6.33. The Kier molecular flexibility index (Phi) is 4.69. The lowest BCUT2D eigenvalue weighted by Crippen LogP contribution is -1.93. The largest absolute Gasteiger partial charge is 0.173 e. The predicted octanol–water partition coefficient (Wildman–Crippen LogP) is 3.92. The molecule has 0 aliphatic carbocycles. The first-order chi connectivity index (χ1) is 7.25. The zero-order valence-electron chi connectivity index (χ0n) is 9.82. The summed E-state index contributed by atoms with van der Waals surface area (Å²) in [5, 5.41) is 0. The van der Waals surface area contributed by atoms with Crippen LogP contribution in [0.1, 0.15) is 33.3 Å². The lowest BCUT2D eigenvalue weighted by Gasteiger charge is -2.03. The molecule has 1 aromatic heterocycles. The Labute approximate surface area is 95.7 Å². The van der Waals surface area contributed by atoms with Crippen LogP contribution in [0.15, 0.2) is 18.2 Å². The molecule has 0 N–H and O–H groups in total. The van der Waals surface area contributed by atoms with Gasteiger partial charge in [0.15, 0.2) is 0 Å². The fourth-order valence-corrected chi connectivity index (χ4v) is 1.94. The molecule has 1 aromatic carbocycles. The zero-order chi connectivity index (χ0) is 11.3. The minimum Gasteiger partial charge on any atom is -0.173 e. The van der Waals surface area contributed by atoms with Crippen LogP contribution in [0.4, 0.5) is 0 Å². The number of hydrogen-bond donors (Lipinski definition) is 0. The molecular formula is C12H18N2S. The number of benzene rings is 1. The van der Waals surface area contributed by atoms with Gasteiger partial charge >= 0.3 is 0 Å². The summed E-state index contributed by atoms with van der Waals surface area (Å²) < 4.78 is 8.39. The summed E-state index contributed by atoms with van der Waals surface area (Å²) in [4.78, 5) is 0. The van der Waals surface area contributed by atoms with E-state index in [1.165, 1.54) is 17.3 Å². The molecular weight excluding hydrogens is 204 g/mol. The summed E-state index contributed by atoms with van der Waals surface area (Å²) >= 11 is 1.28. The molecule has 82 valence electrons. The molecule has 2 rings (SSSR count). The van der Waals surface area contributed by atoms with Crippen molar-refractivity contribution in [2.45, 2.75) is 34.1 Å². The maximum absolute atomic E-state index is 4.22. The molecule has 0 spiro atoms. The lowest BCUT2D eigenvalue weighted by molar-refractivity contribution is 0.648. The monoisotopic (exact) mass is 222 g/mol. The first-order valence-corrected chi connectivity index (χ1v) is 6.20. The van der Waals surface area contributed by atoms with Gasteiger partial charge in [-0.25, -0.2) is 0 Å². The molecule has 0 unspecified atom stereocenters. The van der Waals surface area contributed by atoms with Crippen molar-refractivity contribution < 1.29 is 0 Å².